The van der Waals surface area contributed by atoms with E-state index in [9.17, 15) is 18.8 Å². The minimum atomic E-state index is -1.36. The number of carbonyl (C=O) groups excluding carboxylic acids is 3. The summed E-state index contributed by atoms with van der Waals surface area (Å²) in [5.41, 5.74) is -0.222. The molecule has 2 heterocycles. The second-order valence-corrected chi connectivity index (χ2v) is 7.65. The highest BCUT2D eigenvalue weighted by atomic mass is 19.1. The molecule has 0 unspecified atom stereocenters. The molecule has 4 rings (SSSR count). The highest BCUT2D eigenvalue weighted by Crippen LogP contribution is 2.45. The Morgan fingerprint density at radius 3 is 2.41 bits per heavy atom. The number of benzene rings is 2. The van der Waals surface area contributed by atoms with Gasteiger partial charge in [0.2, 0.25) is 17.4 Å². The molecule has 0 aromatic heterocycles. The molecule has 2 fully saturated rings. The molecule has 7 heteroatoms. The van der Waals surface area contributed by atoms with E-state index in [1.807, 2.05) is 30.3 Å². The summed E-state index contributed by atoms with van der Waals surface area (Å²) in [6.07, 6.45) is 0.194. The average molecular weight is 397 g/mol. The van der Waals surface area contributed by atoms with Gasteiger partial charge in [-0.25, -0.2) is 9.18 Å². The van der Waals surface area contributed by atoms with Gasteiger partial charge in [-0.05, 0) is 11.6 Å². The number of methoxy groups -OCH3 is 1. The number of esters is 1. The van der Waals surface area contributed by atoms with Crippen LogP contribution in [0, 0.1) is 17.7 Å². The minimum absolute atomic E-state index is 0.194. The molecule has 0 radical (unpaired) electrons. The summed E-state index contributed by atoms with van der Waals surface area (Å²) >= 11 is 0. The van der Waals surface area contributed by atoms with Crippen molar-refractivity contribution >= 4 is 17.8 Å². The fourth-order valence-electron chi connectivity index (χ4n) is 4.85. The van der Waals surface area contributed by atoms with E-state index in [1.54, 1.807) is 23.5 Å². The second kappa shape index (κ2) is 7.08. The fourth-order valence-corrected chi connectivity index (χ4v) is 4.85. The summed E-state index contributed by atoms with van der Waals surface area (Å²) in [4.78, 5) is 40.2. The van der Waals surface area contributed by atoms with Crippen molar-refractivity contribution in [3.05, 3.63) is 71.5 Å². The number of amides is 2. The van der Waals surface area contributed by atoms with Crippen LogP contribution in [0.4, 0.5) is 4.39 Å². The van der Waals surface area contributed by atoms with Crippen LogP contribution in [0.2, 0.25) is 0 Å². The van der Waals surface area contributed by atoms with E-state index >= 15 is 0 Å². The molecule has 2 aromatic carbocycles. The molecule has 0 bridgehead atoms. The van der Waals surface area contributed by atoms with Gasteiger partial charge in [0.25, 0.3) is 0 Å². The van der Waals surface area contributed by atoms with E-state index in [1.165, 1.54) is 20.2 Å². The number of nitrogens with two attached hydrogens (primary N) is 1. The van der Waals surface area contributed by atoms with Crippen LogP contribution in [0.1, 0.15) is 17.2 Å². The van der Waals surface area contributed by atoms with Crippen molar-refractivity contribution in [3.8, 4) is 0 Å². The summed E-state index contributed by atoms with van der Waals surface area (Å²) in [6.45, 7) is 0. The van der Waals surface area contributed by atoms with Crippen molar-refractivity contribution in [1.29, 1.82) is 0 Å². The lowest BCUT2D eigenvalue weighted by molar-refractivity contribution is -0.734. The van der Waals surface area contributed by atoms with Crippen molar-refractivity contribution in [1.82, 2.24) is 4.90 Å². The molecular formula is C22H22FN2O4+. The van der Waals surface area contributed by atoms with E-state index in [2.05, 4.69) is 0 Å². The minimum Gasteiger partial charge on any atom is -0.464 e. The van der Waals surface area contributed by atoms with Crippen molar-refractivity contribution in [3.63, 3.8) is 0 Å². The molecule has 2 N–H and O–H groups in total. The van der Waals surface area contributed by atoms with Crippen LogP contribution in [0.25, 0.3) is 0 Å². The number of hydrogen-bond donors (Lipinski definition) is 1. The van der Waals surface area contributed by atoms with Crippen molar-refractivity contribution in [2.75, 3.05) is 14.2 Å². The Balaban J connectivity index is 1.88. The number of carbonyl (C=O) groups is 3. The largest absolute Gasteiger partial charge is 0.464 e. The standard InChI is InChI=1S/C22H21FN2O4/c1-25-19(26)16-17(20(25)27)22(21(28)29-2,12-13-8-4-3-5-9-13)24-18(16)14-10-6-7-11-15(14)23/h3-11,16-18,24H,12H2,1-2H3/p+1/t16-,17+,18+,22-/m1/s1. The predicted molar refractivity (Wildman–Crippen MR) is 101 cm³/mol. The normalized spacial score (nSPS) is 28.5. The van der Waals surface area contributed by atoms with E-state index in [0.29, 0.717) is 5.56 Å². The number of hydrogen-bond acceptors (Lipinski definition) is 4. The molecule has 2 saturated heterocycles. The van der Waals surface area contributed by atoms with Gasteiger partial charge in [0.1, 0.15) is 23.7 Å². The number of rotatable bonds is 4. The van der Waals surface area contributed by atoms with Crippen molar-refractivity contribution in [2.45, 2.75) is 18.0 Å². The lowest BCUT2D eigenvalue weighted by Crippen LogP contribution is -2.98. The maximum absolute atomic E-state index is 14.6. The van der Waals surface area contributed by atoms with Gasteiger partial charge >= 0.3 is 5.97 Å². The predicted octanol–water partition coefficient (Wildman–Crippen LogP) is 0.829. The van der Waals surface area contributed by atoms with Crippen LogP contribution in [0.3, 0.4) is 0 Å². The summed E-state index contributed by atoms with van der Waals surface area (Å²) in [7, 11) is 2.67. The Morgan fingerprint density at radius 1 is 1.10 bits per heavy atom. The highest BCUT2D eigenvalue weighted by molar-refractivity contribution is 6.08. The number of ether oxygens (including phenoxy) is 1. The maximum atomic E-state index is 14.6. The Morgan fingerprint density at radius 2 is 1.76 bits per heavy atom. The summed E-state index contributed by atoms with van der Waals surface area (Å²) in [6, 6.07) is 14.7. The third-order valence-electron chi connectivity index (χ3n) is 6.16. The second-order valence-electron chi connectivity index (χ2n) is 7.65. The Hall–Kier alpha value is -3.06. The molecule has 2 aliphatic heterocycles. The zero-order valence-electron chi connectivity index (χ0n) is 16.2. The molecule has 0 aliphatic carbocycles. The Kier molecular flexibility index (Phi) is 4.70. The maximum Gasteiger partial charge on any atom is 0.369 e. The Labute approximate surface area is 167 Å². The number of imide groups is 1. The van der Waals surface area contributed by atoms with Gasteiger partial charge in [0.05, 0.1) is 7.11 Å². The summed E-state index contributed by atoms with van der Waals surface area (Å²) < 4.78 is 19.7. The number of fused-ring (bicyclic) bond motifs is 1. The smallest absolute Gasteiger partial charge is 0.369 e. The number of halogens is 1. The van der Waals surface area contributed by atoms with Crippen LogP contribution < -0.4 is 5.32 Å². The summed E-state index contributed by atoms with van der Waals surface area (Å²) in [5, 5.41) is 1.67. The third-order valence-corrected chi connectivity index (χ3v) is 6.16. The third kappa shape index (κ3) is 2.84. The quantitative estimate of drug-likeness (QED) is 0.612. The topological polar surface area (TPSA) is 80.3 Å². The Bertz CT molecular complexity index is 980. The molecule has 2 aromatic rings. The molecule has 2 aliphatic rings. The van der Waals surface area contributed by atoms with Gasteiger partial charge in [0.15, 0.2) is 0 Å². The van der Waals surface area contributed by atoms with Gasteiger partial charge in [0, 0.05) is 19.0 Å². The fraction of sp³-hybridized carbons (Fsp3) is 0.318. The van der Waals surface area contributed by atoms with Gasteiger partial charge in [-0.3, -0.25) is 14.5 Å². The number of nitrogens with zero attached hydrogens (tertiary/aromatic N) is 1. The number of likely N-dealkylation sites (tertiary alicyclic amines) is 1. The molecule has 29 heavy (non-hydrogen) atoms. The first kappa shape index (κ1) is 19.3. The molecule has 0 spiro atoms. The van der Waals surface area contributed by atoms with E-state index in [4.69, 9.17) is 4.74 Å². The zero-order chi connectivity index (χ0) is 20.8. The van der Waals surface area contributed by atoms with Crippen LogP contribution in [0.5, 0.6) is 0 Å². The number of quaternary nitrogens is 1. The monoisotopic (exact) mass is 397 g/mol. The van der Waals surface area contributed by atoms with Gasteiger partial charge < -0.3 is 10.1 Å². The van der Waals surface area contributed by atoms with Crippen LogP contribution in [-0.4, -0.2) is 42.4 Å². The van der Waals surface area contributed by atoms with Crippen molar-refractivity contribution in [2.24, 2.45) is 11.8 Å². The first-order chi connectivity index (χ1) is 13.9. The van der Waals surface area contributed by atoms with Gasteiger partial charge in [-0.15, -0.1) is 0 Å². The average Bonchev–Trinajstić information content (AvgIpc) is 3.18. The molecule has 2 amide bonds. The summed E-state index contributed by atoms with van der Waals surface area (Å²) in [5.74, 6) is -3.67. The first-order valence-electron chi connectivity index (χ1n) is 9.45. The SMILES string of the molecule is COC(=O)[C@]1(Cc2ccccc2)[NH2+][C@@H](c2ccccc2F)[C@@H]2C(=O)N(C)C(=O)[C@H]21. The zero-order valence-corrected chi connectivity index (χ0v) is 16.2. The van der Waals surface area contributed by atoms with E-state index in [-0.39, 0.29) is 6.42 Å². The van der Waals surface area contributed by atoms with Crippen molar-refractivity contribution < 1.29 is 28.8 Å². The molecular weight excluding hydrogens is 375 g/mol. The molecule has 4 atom stereocenters. The molecule has 6 nitrogen and oxygen atoms in total. The lowest BCUT2D eigenvalue weighted by Gasteiger charge is -2.29. The van der Waals surface area contributed by atoms with Crippen LogP contribution in [-0.2, 0) is 25.5 Å². The van der Waals surface area contributed by atoms with E-state index < -0.39 is 47.0 Å². The molecule has 0 saturated carbocycles. The van der Waals surface area contributed by atoms with E-state index in [0.717, 1.165) is 10.5 Å². The van der Waals surface area contributed by atoms with Gasteiger partial charge in [-0.1, -0.05) is 48.5 Å². The first-order valence-corrected chi connectivity index (χ1v) is 9.45. The van der Waals surface area contributed by atoms with Gasteiger partial charge in [-0.2, -0.15) is 0 Å². The molecule has 150 valence electrons. The lowest BCUT2D eigenvalue weighted by atomic mass is 9.76. The van der Waals surface area contributed by atoms with Crippen LogP contribution in [0.15, 0.2) is 54.6 Å². The highest BCUT2D eigenvalue weighted by Gasteiger charge is 2.72. The van der Waals surface area contributed by atoms with Crippen LogP contribution >= 0.6 is 0 Å².